The van der Waals surface area contributed by atoms with Gasteiger partial charge < -0.3 is 19.9 Å². The Morgan fingerprint density at radius 2 is 2.16 bits per heavy atom. The van der Waals surface area contributed by atoms with E-state index in [1.54, 1.807) is 14.2 Å². The molecule has 1 unspecified atom stereocenters. The highest BCUT2D eigenvalue weighted by molar-refractivity contribution is 5.66. The molecular weight excluding hydrogens is 246 g/mol. The van der Waals surface area contributed by atoms with Crippen LogP contribution in [0.4, 0.5) is 0 Å². The fourth-order valence-corrected chi connectivity index (χ4v) is 1.85. The molecule has 0 saturated heterocycles. The molecule has 0 radical (unpaired) electrons. The lowest BCUT2D eigenvalue weighted by atomic mass is 10.0. The molecule has 5 nitrogen and oxygen atoms in total. The van der Waals surface area contributed by atoms with Gasteiger partial charge in [0.05, 0.1) is 20.1 Å². The molecule has 1 aromatic rings. The smallest absolute Gasteiger partial charge is 0.304 e. The summed E-state index contributed by atoms with van der Waals surface area (Å²) in [6.07, 6.45) is 0.116. The van der Waals surface area contributed by atoms with Gasteiger partial charge >= 0.3 is 5.97 Å². The van der Waals surface area contributed by atoms with Gasteiger partial charge in [-0.3, -0.25) is 4.79 Å². The second kappa shape index (κ2) is 7.76. The third-order valence-corrected chi connectivity index (χ3v) is 2.89. The number of methoxy groups -OCH3 is 2. The van der Waals surface area contributed by atoms with Crippen molar-refractivity contribution in [3.05, 3.63) is 29.3 Å². The number of carboxylic acids is 1. The van der Waals surface area contributed by atoms with Gasteiger partial charge in [0.25, 0.3) is 0 Å². The highest BCUT2D eigenvalue weighted by Gasteiger charge is 2.09. The van der Waals surface area contributed by atoms with Crippen LogP contribution in [0, 0.1) is 0 Å². The van der Waals surface area contributed by atoms with Crippen LogP contribution in [0.1, 0.15) is 30.5 Å². The summed E-state index contributed by atoms with van der Waals surface area (Å²) in [6.45, 7) is 2.93. The first-order valence-corrected chi connectivity index (χ1v) is 6.19. The fourth-order valence-electron chi connectivity index (χ4n) is 1.85. The number of nitrogens with one attached hydrogen (secondary N) is 1. The minimum absolute atomic E-state index is 0.0841. The maximum atomic E-state index is 10.5. The highest BCUT2D eigenvalue weighted by atomic mass is 16.5. The van der Waals surface area contributed by atoms with E-state index >= 15 is 0 Å². The first-order chi connectivity index (χ1) is 9.08. The molecule has 0 aliphatic heterocycles. The minimum atomic E-state index is -0.797. The molecule has 5 heteroatoms. The van der Waals surface area contributed by atoms with Crippen molar-refractivity contribution >= 4 is 5.97 Å². The number of hydrogen-bond donors (Lipinski definition) is 2. The summed E-state index contributed by atoms with van der Waals surface area (Å²) in [7, 11) is 3.27. The van der Waals surface area contributed by atoms with Crippen molar-refractivity contribution in [3.8, 4) is 5.75 Å². The van der Waals surface area contributed by atoms with Gasteiger partial charge in [0.15, 0.2) is 0 Å². The van der Waals surface area contributed by atoms with Gasteiger partial charge in [-0.15, -0.1) is 0 Å². The van der Waals surface area contributed by atoms with Crippen LogP contribution in [0.25, 0.3) is 0 Å². The summed E-state index contributed by atoms with van der Waals surface area (Å²) < 4.78 is 10.4. The van der Waals surface area contributed by atoms with E-state index in [0.29, 0.717) is 13.2 Å². The predicted octanol–water partition coefficient (Wildman–Crippen LogP) is 1.97. The van der Waals surface area contributed by atoms with Crippen LogP contribution in [0.3, 0.4) is 0 Å². The number of rotatable bonds is 8. The van der Waals surface area contributed by atoms with E-state index in [-0.39, 0.29) is 12.5 Å². The Labute approximate surface area is 113 Å². The van der Waals surface area contributed by atoms with Gasteiger partial charge in [-0.2, -0.15) is 0 Å². The van der Waals surface area contributed by atoms with E-state index in [9.17, 15) is 4.79 Å². The van der Waals surface area contributed by atoms with Crippen LogP contribution in [-0.2, 0) is 16.1 Å². The Hall–Kier alpha value is -1.59. The van der Waals surface area contributed by atoms with Crippen molar-refractivity contribution in [2.75, 3.05) is 20.8 Å². The SMILES string of the molecule is COCc1cc(C(C)NCCC(=O)O)ccc1OC. The molecule has 0 saturated carbocycles. The Bertz CT molecular complexity index is 420. The van der Waals surface area contributed by atoms with E-state index in [0.717, 1.165) is 16.9 Å². The van der Waals surface area contributed by atoms with Gasteiger partial charge in [-0.1, -0.05) is 6.07 Å². The lowest BCUT2D eigenvalue weighted by molar-refractivity contribution is -0.136. The summed E-state index contributed by atoms with van der Waals surface area (Å²) in [5, 5.41) is 11.8. The Kier molecular flexibility index (Phi) is 6.32. The largest absolute Gasteiger partial charge is 0.496 e. The van der Waals surface area contributed by atoms with Crippen molar-refractivity contribution < 1.29 is 19.4 Å². The van der Waals surface area contributed by atoms with E-state index < -0.39 is 5.97 Å². The van der Waals surface area contributed by atoms with Crippen LogP contribution < -0.4 is 10.1 Å². The molecule has 106 valence electrons. The van der Waals surface area contributed by atoms with Crippen LogP contribution in [-0.4, -0.2) is 31.8 Å². The maximum Gasteiger partial charge on any atom is 0.304 e. The molecular formula is C14H21NO4. The second-order valence-electron chi connectivity index (χ2n) is 4.32. The first kappa shape index (κ1) is 15.5. The maximum absolute atomic E-state index is 10.5. The average Bonchev–Trinajstić information content (AvgIpc) is 2.38. The molecule has 0 aliphatic rings. The fraction of sp³-hybridized carbons (Fsp3) is 0.500. The normalized spacial score (nSPS) is 12.2. The van der Waals surface area contributed by atoms with E-state index in [1.807, 2.05) is 25.1 Å². The molecule has 0 amide bonds. The first-order valence-electron chi connectivity index (χ1n) is 6.19. The second-order valence-corrected chi connectivity index (χ2v) is 4.32. The van der Waals surface area contributed by atoms with E-state index in [4.69, 9.17) is 14.6 Å². The molecule has 1 aromatic carbocycles. The van der Waals surface area contributed by atoms with E-state index in [1.165, 1.54) is 0 Å². The number of aliphatic carboxylic acids is 1. The van der Waals surface area contributed by atoms with Gasteiger partial charge in [0.2, 0.25) is 0 Å². The van der Waals surface area contributed by atoms with Crippen molar-refractivity contribution in [1.82, 2.24) is 5.32 Å². The van der Waals surface area contributed by atoms with Crippen LogP contribution >= 0.6 is 0 Å². The average molecular weight is 267 g/mol. The molecule has 0 spiro atoms. The third kappa shape index (κ3) is 4.89. The third-order valence-electron chi connectivity index (χ3n) is 2.89. The number of hydrogen-bond acceptors (Lipinski definition) is 4. The molecule has 19 heavy (non-hydrogen) atoms. The van der Waals surface area contributed by atoms with E-state index in [2.05, 4.69) is 5.32 Å². The zero-order valence-electron chi connectivity index (χ0n) is 11.6. The summed E-state index contributed by atoms with van der Waals surface area (Å²) in [5.41, 5.74) is 2.06. The number of benzene rings is 1. The van der Waals surface area contributed by atoms with Crippen LogP contribution in [0.2, 0.25) is 0 Å². The summed E-state index contributed by atoms with van der Waals surface area (Å²) >= 11 is 0. The highest BCUT2D eigenvalue weighted by Crippen LogP contribution is 2.23. The molecule has 2 N–H and O–H groups in total. The Balaban J connectivity index is 2.71. The topological polar surface area (TPSA) is 67.8 Å². The lowest BCUT2D eigenvalue weighted by Gasteiger charge is -2.16. The summed E-state index contributed by atoms with van der Waals surface area (Å²) in [5.74, 6) is -0.00200. The predicted molar refractivity (Wildman–Crippen MR) is 72.4 cm³/mol. The van der Waals surface area contributed by atoms with Gasteiger partial charge in [0.1, 0.15) is 5.75 Å². The zero-order chi connectivity index (χ0) is 14.3. The zero-order valence-corrected chi connectivity index (χ0v) is 11.6. The molecule has 0 bridgehead atoms. The number of carbonyl (C=O) groups is 1. The van der Waals surface area contributed by atoms with Crippen molar-refractivity contribution in [2.45, 2.75) is 26.0 Å². The Morgan fingerprint density at radius 1 is 1.42 bits per heavy atom. The van der Waals surface area contributed by atoms with Gasteiger partial charge in [-0.25, -0.2) is 0 Å². The number of ether oxygens (including phenoxy) is 2. The molecule has 0 aliphatic carbocycles. The van der Waals surface area contributed by atoms with Gasteiger partial charge in [-0.05, 0) is 24.6 Å². The molecule has 0 aromatic heterocycles. The molecule has 1 atom stereocenters. The van der Waals surface area contributed by atoms with Crippen molar-refractivity contribution in [1.29, 1.82) is 0 Å². The van der Waals surface area contributed by atoms with Crippen molar-refractivity contribution in [3.63, 3.8) is 0 Å². The quantitative estimate of drug-likeness (QED) is 0.753. The lowest BCUT2D eigenvalue weighted by Crippen LogP contribution is -2.22. The van der Waals surface area contributed by atoms with Crippen LogP contribution in [0.15, 0.2) is 18.2 Å². The van der Waals surface area contributed by atoms with Crippen LogP contribution in [0.5, 0.6) is 5.75 Å². The monoisotopic (exact) mass is 267 g/mol. The van der Waals surface area contributed by atoms with Crippen molar-refractivity contribution in [2.24, 2.45) is 0 Å². The molecule has 0 fully saturated rings. The Morgan fingerprint density at radius 3 is 2.74 bits per heavy atom. The summed E-state index contributed by atoms with van der Waals surface area (Å²) in [4.78, 5) is 10.5. The molecule has 1 rings (SSSR count). The van der Waals surface area contributed by atoms with Gasteiger partial charge in [0, 0.05) is 25.3 Å². The minimum Gasteiger partial charge on any atom is -0.496 e. The number of carboxylic acid groups (broad SMARTS) is 1. The standard InChI is InChI=1S/C14H21NO4/c1-10(15-7-6-14(16)17)11-4-5-13(19-3)12(8-11)9-18-2/h4-5,8,10,15H,6-7,9H2,1-3H3,(H,16,17). The summed E-state index contributed by atoms with van der Waals surface area (Å²) in [6, 6.07) is 5.97. The molecule has 0 heterocycles.